The van der Waals surface area contributed by atoms with Gasteiger partial charge in [-0.25, -0.2) is 4.98 Å². The maximum absolute atomic E-state index is 5.61. The van der Waals surface area contributed by atoms with E-state index in [-0.39, 0.29) is 0 Å². The third kappa shape index (κ3) is 1.26. The summed E-state index contributed by atoms with van der Waals surface area (Å²) in [6.07, 6.45) is 0. The topological polar surface area (TPSA) is 48.1 Å². The van der Waals surface area contributed by atoms with Gasteiger partial charge in [0.05, 0.1) is 12.3 Å². The van der Waals surface area contributed by atoms with Crippen LogP contribution >= 0.6 is 0 Å². The quantitative estimate of drug-likeness (QED) is 0.655. The Balaban J connectivity index is 2.57. The van der Waals surface area contributed by atoms with Crippen molar-refractivity contribution in [1.82, 2.24) is 4.98 Å². The molecule has 1 atom stereocenters. The van der Waals surface area contributed by atoms with Gasteiger partial charge in [0.1, 0.15) is 11.6 Å². The van der Waals surface area contributed by atoms with Crippen molar-refractivity contribution in [3.05, 3.63) is 30.0 Å². The van der Waals surface area contributed by atoms with Gasteiger partial charge in [0.2, 0.25) is 0 Å². The van der Waals surface area contributed by atoms with Crippen LogP contribution in [0.2, 0.25) is 0 Å². The molecule has 0 radical (unpaired) electrons. The first-order chi connectivity index (χ1) is 6.18. The number of pyridine rings is 1. The van der Waals surface area contributed by atoms with E-state index in [0.29, 0.717) is 24.1 Å². The maximum Gasteiger partial charge on any atom is 0.123 e. The highest BCUT2D eigenvalue weighted by Crippen LogP contribution is 2.30. The highest BCUT2D eigenvalue weighted by molar-refractivity contribution is 5.63. The molecule has 0 saturated carbocycles. The summed E-state index contributed by atoms with van der Waals surface area (Å²) in [5, 5.41) is 0. The smallest absolute Gasteiger partial charge is 0.123 e. The van der Waals surface area contributed by atoms with Crippen LogP contribution in [-0.2, 0) is 4.74 Å². The summed E-state index contributed by atoms with van der Waals surface area (Å²) in [6.45, 7) is 6.52. The molecule has 0 unspecified atom stereocenters. The number of fused-ring (bicyclic) bond motifs is 1. The lowest BCUT2D eigenvalue weighted by atomic mass is 9.99. The molecule has 0 fully saturated rings. The zero-order valence-electron chi connectivity index (χ0n) is 7.58. The van der Waals surface area contributed by atoms with Gasteiger partial charge >= 0.3 is 0 Å². The highest BCUT2D eigenvalue weighted by Gasteiger charge is 2.21. The van der Waals surface area contributed by atoms with Gasteiger partial charge in [-0.15, -0.1) is 0 Å². The fourth-order valence-corrected chi connectivity index (χ4v) is 1.48. The molecule has 1 aliphatic heterocycles. The minimum absolute atomic E-state index is 0.295. The average Bonchev–Trinajstić information content (AvgIpc) is 2.12. The van der Waals surface area contributed by atoms with Crippen molar-refractivity contribution in [2.75, 3.05) is 12.3 Å². The minimum Gasteiger partial charge on any atom is -0.493 e. The first kappa shape index (κ1) is 8.10. The van der Waals surface area contributed by atoms with Crippen LogP contribution in [0.25, 0.3) is 5.76 Å². The third-order valence-electron chi connectivity index (χ3n) is 2.22. The summed E-state index contributed by atoms with van der Waals surface area (Å²) in [4.78, 5) is 4.28. The van der Waals surface area contributed by atoms with E-state index in [1.807, 2.05) is 6.07 Å². The number of hydrogen-bond donors (Lipinski definition) is 1. The van der Waals surface area contributed by atoms with Gasteiger partial charge in [0.25, 0.3) is 0 Å². The lowest BCUT2D eigenvalue weighted by molar-refractivity contribution is 0.243. The van der Waals surface area contributed by atoms with E-state index in [4.69, 9.17) is 10.5 Å². The van der Waals surface area contributed by atoms with Crippen molar-refractivity contribution in [2.24, 2.45) is 0 Å². The monoisotopic (exact) mass is 176 g/mol. The van der Waals surface area contributed by atoms with Crippen molar-refractivity contribution in [3.8, 4) is 0 Å². The van der Waals surface area contributed by atoms with Crippen LogP contribution in [0.1, 0.15) is 24.1 Å². The predicted molar refractivity (Wildman–Crippen MR) is 52.1 cm³/mol. The lowest BCUT2D eigenvalue weighted by Gasteiger charge is -2.23. The Bertz CT molecular complexity index is 360. The fraction of sp³-hybridized carbons (Fsp3) is 0.300. The zero-order chi connectivity index (χ0) is 9.42. The number of nitrogens with zero attached hydrogens (tertiary/aromatic N) is 1. The second-order valence-corrected chi connectivity index (χ2v) is 3.30. The second kappa shape index (κ2) is 2.76. The van der Waals surface area contributed by atoms with Crippen molar-refractivity contribution in [1.29, 1.82) is 0 Å². The molecular weight excluding hydrogens is 164 g/mol. The Morgan fingerprint density at radius 3 is 3.15 bits per heavy atom. The normalized spacial score (nSPS) is 20.7. The minimum atomic E-state index is 0.295. The fourth-order valence-electron chi connectivity index (χ4n) is 1.48. The first-order valence-corrected chi connectivity index (χ1v) is 4.27. The molecule has 3 heteroatoms. The Labute approximate surface area is 77.2 Å². The Morgan fingerprint density at radius 1 is 1.62 bits per heavy atom. The standard InChI is InChI=1S/C10H12N2O/c1-6-5-13-7(2)8-3-4-9(11)12-10(6)8/h3-4,6H,2,5H2,1H3,(H2,11,12)/t6-/m1/s1. The summed E-state index contributed by atoms with van der Waals surface area (Å²) in [6, 6.07) is 3.68. The van der Waals surface area contributed by atoms with Gasteiger partial charge in [0, 0.05) is 11.5 Å². The second-order valence-electron chi connectivity index (χ2n) is 3.30. The molecule has 3 nitrogen and oxygen atoms in total. The molecule has 0 bridgehead atoms. The summed E-state index contributed by atoms with van der Waals surface area (Å²) >= 11 is 0. The van der Waals surface area contributed by atoms with Crippen LogP contribution < -0.4 is 5.73 Å². The molecule has 2 rings (SSSR count). The van der Waals surface area contributed by atoms with E-state index in [9.17, 15) is 0 Å². The van der Waals surface area contributed by atoms with Crippen molar-refractivity contribution >= 4 is 11.6 Å². The van der Waals surface area contributed by atoms with Gasteiger partial charge in [-0.05, 0) is 12.1 Å². The molecule has 2 N–H and O–H groups in total. The number of anilines is 1. The molecule has 0 aromatic carbocycles. The molecule has 0 aliphatic carbocycles. The van der Waals surface area contributed by atoms with Gasteiger partial charge in [0.15, 0.2) is 0 Å². The highest BCUT2D eigenvalue weighted by atomic mass is 16.5. The van der Waals surface area contributed by atoms with Crippen LogP contribution in [0.4, 0.5) is 5.82 Å². The lowest BCUT2D eigenvalue weighted by Crippen LogP contribution is -2.15. The van der Waals surface area contributed by atoms with E-state index in [1.165, 1.54) is 0 Å². The number of ether oxygens (including phenoxy) is 1. The molecule has 2 heterocycles. The van der Waals surface area contributed by atoms with Crippen LogP contribution in [0.5, 0.6) is 0 Å². The number of nitrogens with two attached hydrogens (primary N) is 1. The largest absolute Gasteiger partial charge is 0.493 e. The Kier molecular flexibility index (Phi) is 1.72. The van der Waals surface area contributed by atoms with Crippen LogP contribution in [0.3, 0.4) is 0 Å². The van der Waals surface area contributed by atoms with E-state index < -0.39 is 0 Å². The molecule has 0 amide bonds. The van der Waals surface area contributed by atoms with Crippen molar-refractivity contribution in [3.63, 3.8) is 0 Å². The van der Waals surface area contributed by atoms with Gasteiger partial charge in [-0.2, -0.15) is 0 Å². The van der Waals surface area contributed by atoms with Crippen LogP contribution in [0, 0.1) is 0 Å². The molecule has 1 aliphatic rings. The number of aromatic nitrogens is 1. The molecule has 13 heavy (non-hydrogen) atoms. The van der Waals surface area contributed by atoms with Crippen LogP contribution in [-0.4, -0.2) is 11.6 Å². The van der Waals surface area contributed by atoms with Gasteiger partial charge in [-0.1, -0.05) is 13.5 Å². The Morgan fingerprint density at radius 2 is 2.38 bits per heavy atom. The number of rotatable bonds is 0. The zero-order valence-corrected chi connectivity index (χ0v) is 7.58. The van der Waals surface area contributed by atoms with Gasteiger partial charge < -0.3 is 10.5 Å². The van der Waals surface area contributed by atoms with Crippen molar-refractivity contribution < 1.29 is 4.74 Å². The summed E-state index contributed by atoms with van der Waals surface area (Å²) in [5.41, 5.74) is 7.58. The van der Waals surface area contributed by atoms with E-state index in [1.54, 1.807) is 6.07 Å². The molecule has 1 aromatic rings. The van der Waals surface area contributed by atoms with E-state index >= 15 is 0 Å². The number of nitrogen functional groups attached to an aromatic ring is 1. The predicted octanol–water partition coefficient (Wildman–Crippen LogP) is 1.77. The first-order valence-electron chi connectivity index (χ1n) is 4.27. The molecular formula is C10H12N2O. The summed E-state index contributed by atoms with van der Waals surface area (Å²) in [5.74, 6) is 1.55. The maximum atomic E-state index is 5.61. The molecule has 0 spiro atoms. The third-order valence-corrected chi connectivity index (χ3v) is 2.22. The van der Waals surface area contributed by atoms with Gasteiger partial charge in [-0.3, -0.25) is 0 Å². The molecule has 0 saturated heterocycles. The summed E-state index contributed by atoms with van der Waals surface area (Å²) < 4.78 is 5.38. The Hall–Kier alpha value is -1.51. The average molecular weight is 176 g/mol. The SMILES string of the molecule is C=C1OC[C@@H](C)c2nc(N)ccc21. The van der Waals surface area contributed by atoms with E-state index in [0.717, 1.165) is 11.3 Å². The van der Waals surface area contributed by atoms with E-state index in [2.05, 4.69) is 18.5 Å². The van der Waals surface area contributed by atoms with Crippen LogP contribution in [0.15, 0.2) is 18.7 Å². The van der Waals surface area contributed by atoms with Crippen molar-refractivity contribution in [2.45, 2.75) is 12.8 Å². The summed E-state index contributed by atoms with van der Waals surface area (Å²) in [7, 11) is 0. The molecule has 68 valence electrons. The number of hydrogen-bond acceptors (Lipinski definition) is 3. The molecule has 1 aromatic heterocycles.